The molecule has 0 fully saturated rings. The average molecular weight is 658 g/mol. The summed E-state index contributed by atoms with van der Waals surface area (Å²) < 4.78 is 17.0. The van der Waals surface area contributed by atoms with Gasteiger partial charge in [-0.05, 0) is 101 Å². The van der Waals surface area contributed by atoms with Gasteiger partial charge in [0.1, 0.15) is 17.3 Å². The van der Waals surface area contributed by atoms with Crippen LogP contribution in [0, 0.1) is 0 Å². The second-order valence-corrected chi connectivity index (χ2v) is 12.4. The summed E-state index contributed by atoms with van der Waals surface area (Å²) in [4.78, 5) is 7.18. The number of nitrogens with zero attached hydrogens (tertiary/aromatic N) is 3. The highest BCUT2D eigenvalue weighted by atomic mass is 16.5. The summed E-state index contributed by atoms with van der Waals surface area (Å²) >= 11 is 0. The maximum atomic E-state index is 8.37. The Morgan fingerprint density at radius 3 is 1.98 bits per heavy atom. The van der Waals surface area contributed by atoms with Crippen molar-refractivity contribution in [3.63, 3.8) is 0 Å². The number of hydrogen-bond donors (Lipinski definition) is 0. The Morgan fingerprint density at radius 1 is 0.471 bits per heavy atom. The van der Waals surface area contributed by atoms with Crippen molar-refractivity contribution >= 4 is 38.9 Å². The van der Waals surface area contributed by atoms with E-state index in [1.165, 1.54) is 16.5 Å². The van der Waals surface area contributed by atoms with Gasteiger partial charge in [0.15, 0.2) is 0 Å². The van der Waals surface area contributed by atoms with Crippen LogP contribution in [0.15, 0.2) is 200 Å². The van der Waals surface area contributed by atoms with E-state index in [1.54, 1.807) is 6.07 Å². The maximum Gasteiger partial charge on any atom is 0.145 e. The molecule has 0 bridgehead atoms. The highest BCUT2D eigenvalue weighted by Crippen LogP contribution is 2.38. The lowest BCUT2D eigenvalue weighted by Crippen LogP contribution is -2.09. The van der Waals surface area contributed by atoms with Gasteiger partial charge in [-0.3, -0.25) is 4.57 Å². The minimum absolute atomic E-state index is 0.455. The number of ether oxygens (including phenoxy) is 1. The summed E-state index contributed by atoms with van der Waals surface area (Å²) in [5.41, 5.74) is 9.25. The molecule has 0 aliphatic rings. The molecule has 242 valence electrons. The van der Waals surface area contributed by atoms with E-state index < -0.39 is 0 Å². The monoisotopic (exact) mass is 657 g/mol. The fraction of sp³-hybridized carbons (Fsp3) is 0. The van der Waals surface area contributed by atoms with Gasteiger partial charge in [0.2, 0.25) is 0 Å². The molecule has 51 heavy (non-hydrogen) atoms. The van der Waals surface area contributed by atoms with E-state index in [0.717, 1.165) is 62.1 Å². The predicted octanol–water partition coefficient (Wildman–Crippen LogP) is 12.8. The minimum atomic E-state index is 0.455. The van der Waals surface area contributed by atoms with Crippen molar-refractivity contribution < 1.29 is 6.11 Å². The Morgan fingerprint density at radius 2 is 1.16 bits per heavy atom. The van der Waals surface area contributed by atoms with Gasteiger partial charge in [-0.25, -0.2) is 4.98 Å². The van der Waals surface area contributed by atoms with Gasteiger partial charge in [0, 0.05) is 28.7 Å². The Hall–Kier alpha value is -6.91. The molecule has 4 heteroatoms. The normalized spacial score (nSPS) is 11.4. The zero-order valence-corrected chi connectivity index (χ0v) is 27.7. The third-order valence-electron chi connectivity index (χ3n) is 9.14. The molecule has 0 amide bonds. The molecule has 0 aliphatic heterocycles. The van der Waals surface area contributed by atoms with Gasteiger partial charge in [0.25, 0.3) is 0 Å². The summed E-state index contributed by atoms with van der Waals surface area (Å²) in [5, 5.41) is 2.31. The number of anilines is 3. The number of imidazole rings is 1. The first-order valence-electron chi connectivity index (χ1n) is 17.5. The van der Waals surface area contributed by atoms with Crippen LogP contribution in [-0.2, 0) is 0 Å². The second kappa shape index (κ2) is 13.2. The van der Waals surface area contributed by atoms with E-state index in [0.29, 0.717) is 6.04 Å². The van der Waals surface area contributed by atoms with Crippen LogP contribution in [0.5, 0.6) is 11.5 Å². The van der Waals surface area contributed by atoms with Crippen LogP contribution in [0.25, 0.3) is 50.0 Å². The van der Waals surface area contributed by atoms with Crippen molar-refractivity contribution in [1.82, 2.24) is 9.55 Å². The molecule has 9 aromatic rings. The first-order chi connectivity index (χ1) is 25.7. The molecule has 0 saturated heterocycles. The quantitative estimate of drug-likeness (QED) is 0.163. The molecule has 4 nitrogen and oxygen atoms in total. The van der Waals surface area contributed by atoms with Gasteiger partial charge in [-0.1, -0.05) is 115 Å². The number of para-hydroxylation sites is 3. The molecule has 0 aliphatic carbocycles. The van der Waals surface area contributed by atoms with Crippen molar-refractivity contribution in [2.45, 2.75) is 0 Å². The van der Waals surface area contributed by atoms with Gasteiger partial charge >= 0.3 is 0 Å². The molecule has 0 spiro atoms. The van der Waals surface area contributed by atoms with E-state index in [1.807, 2.05) is 84.9 Å². The van der Waals surface area contributed by atoms with Crippen LogP contribution in [0.1, 0.15) is 1.37 Å². The lowest BCUT2D eigenvalue weighted by atomic mass is 10.0. The third kappa shape index (κ3) is 6.00. The molecule has 1 heterocycles. The fourth-order valence-corrected chi connectivity index (χ4v) is 6.71. The molecule has 0 saturated carbocycles. The summed E-state index contributed by atoms with van der Waals surface area (Å²) in [7, 11) is 0. The number of hydrogen-bond acceptors (Lipinski definition) is 3. The second-order valence-electron chi connectivity index (χ2n) is 12.4. The molecular formula is C47H33N3O. The van der Waals surface area contributed by atoms with Crippen LogP contribution in [0.2, 0.25) is 0 Å². The van der Waals surface area contributed by atoms with Gasteiger partial charge in [-0.15, -0.1) is 0 Å². The van der Waals surface area contributed by atoms with Crippen LogP contribution in [0.4, 0.5) is 17.1 Å². The Labute approximate surface area is 298 Å². The van der Waals surface area contributed by atoms with E-state index in [9.17, 15) is 0 Å². The van der Waals surface area contributed by atoms with Crippen molar-refractivity contribution in [1.29, 1.82) is 0 Å². The lowest BCUT2D eigenvalue weighted by molar-refractivity contribution is 0.482. The third-order valence-corrected chi connectivity index (χ3v) is 9.14. The lowest BCUT2D eigenvalue weighted by Gasteiger charge is -2.26. The Bertz CT molecular complexity index is 2670. The number of aromatic nitrogens is 2. The maximum absolute atomic E-state index is 8.37. The van der Waals surface area contributed by atoms with E-state index in [4.69, 9.17) is 11.1 Å². The summed E-state index contributed by atoms with van der Waals surface area (Å²) in [6.45, 7) is 0. The summed E-state index contributed by atoms with van der Waals surface area (Å²) in [6, 6.07) is 66.4. The molecule has 8 aromatic carbocycles. The zero-order chi connectivity index (χ0) is 34.9. The van der Waals surface area contributed by atoms with Crippen LogP contribution >= 0.6 is 0 Å². The number of rotatable bonds is 8. The van der Waals surface area contributed by atoms with Crippen LogP contribution in [0.3, 0.4) is 0 Å². The number of benzene rings is 8. The summed E-state index contributed by atoms with van der Waals surface area (Å²) in [6.07, 6.45) is 0. The highest BCUT2D eigenvalue weighted by molar-refractivity contribution is 5.92. The highest BCUT2D eigenvalue weighted by Gasteiger charge is 2.16. The SMILES string of the molecule is [3H]c1cccc(N(c2ccc(Oc3cccc(-n4c(-c5ccccc5)nc5ccccc54)c3)cc2)c2ccc3cc(-c4ccccc4)ccc3c2)c1. The molecular weight excluding hydrogens is 623 g/mol. The van der Waals surface area contributed by atoms with E-state index >= 15 is 0 Å². The van der Waals surface area contributed by atoms with E-state index in [2.05, 4.69) is 113 Å². The Kier molecular flexibility index (Phi) is 7.51. The standard InChI is InChI=1S/C47H33N3O/c1-4-13-34(14-5-1)36-23-24-38-32-42(26-25-37(38)31-36)49(39-17-8-3-9-18-39)40-27-29-43(30-28-40)51-44-20-12-19-41(33-44)50-46-22-11-10-21-45(46)48-47(50)35-15-6-2-7-16-35/h1-33H/i8T. The topological polar surface area (TPSA) is 30.3 Å². The Balaban J connectivity index is 1.04. The molecule has 0 atom stereocenters. The first kappa shape index (κ1) is 29.0. The fourth-order valence-electron chi connectivity index (χ4n) is 6.71. The molecule has 0 radical (unpaired) electrons. The molecule has 0 N–H and O–H groups in total. The minimum Gasteiger partial charge on any atom is -0.457 e. The van der Waals surface area contributed by atoms with Gasteiger partial charge < -0.3 is 9.64 Å². The molecule has 0 unspecified atom stereocenters. The summed E-state index contributed by atoms with van der Waals surface area (Å²) in [5.74, 6) is 2.33. The number of fused-ring (bicyclic) bond motifs is 2. The van der Waals surface area contributed by atoms with Gasteiger partial charge in [-0.2, -0.15) is 0 Å². The average Bonchev–Trinajstić information content (AvgIpc) is 3.59. The molecule has 1 aromatic heterocycles. The first-order valence-corrected chi connectivity index (χ1v) is 17.0. The molecule has 9 rings (SSSR count). The van der Waals surface area contributed by atoms with Crippen LogP contribution in [-0.4, -0.2) is 9.55 Å². The predicted molar refractivity (Wildman–Crippen MR) is 211 cm³/mol. The van der Waals surface area contributed by atoms with Crippen molar-refractivity contribution in [3.8, 4) is 39.7 Å². The van der Waals surface area contributed by atoms with Gasteiger partial charge in [0.05, 0.1) is 18.1 Å². The smallest absolute Gasteiger partial charge is 0.145 e. The van der Waals surface area contributed by atoms with Crippen LogP contribution < -0.4 is 9.64 Å². The van der Waals surface area contributed by atoms with E-state index in [-0.39, 0.29) is 0 Å². The largest absolute Gasteiger partial charge is 0.457 e. The van der Waals surface area contributed by atoms with Crippen molar-refractivity contribution in [2.75, 3.05) is 4.90 Å². The van der Waals surface area contributed by atoms with Crippen molar-refractivity contribution in [3.05, 3.63) is 200 Å². The zero-order valence-electron chi connectivity index (χ0n) is 28.7. The van der Waals surface area contributed by atoms with Crippen molar-refractivity contribution in [2.24, 2.45) is 0 Å².